The highest BCUT2D eigenvalue weighted by molar-refractivity contribution is 5.89. The van der Waals surface area contributed by atoms with Crippen LogP contribution in [0.2, 0.25) is 0 Å². The van der Waals surface area contributed by atoms with E-state index in [1.165, 1.54) is 38.7 Å². The Morgan fingerprint density at radius 2 is 1.55 bits per heavy atom. The van der Waals surface area contributed by atoms with Crippen LogP contribution in [0.25, 0.3) is 23.1 Å². The summed E-state index contributed by atoms with van der Waals surface area (Å²) < 4.78 is 2.16. The van der Waals surface area contributed by atoms with Gasteiger partial charge in [-0.15, -0.1) is 0 Å². The molecule has 0 saturated heterocycles. The smallest absolute Gasteiger partial charge is 0.201 e. The third-order valence-corrected chi connectivity index (χ3v) is 4.24. The minimum atomic E-state index is 1.25. The van der Waals surface area contributed by atoms with E-state index in [9.17, 15) is 0 Å². The SMILES string of the molecule is Cc1cc(C)c(C=Cc2cc[n+](C)c3ccccc23)c(C)c1. The normalized spacial score (nSPS) is 11.5. The van der Waals surface area contributed by atoms with E-state index in [1.807, 2.05) is 0 Å². The van der Waals surface area contributed by atoms with Crippen LogP contribution >= 0.6 is 0 Å². The monoisotopic (exact) mass is 288 g/mol. The third kappa shape index (κ3) is 2.67. The second-order valence-corrected chi connectivity index (χ2v) is 6.04. The number of fused-ring (bicyclic) bond motifs is 1. The molecule has 0 aliphatic carbocycles. The van der Waals surface area contributed by atoms with E-state index >= 15 is 0 Å². The van der Waals surface area contributed by atoms with Gasteiger partial charge in [0.2, 0.25) is 5.52 Å². The van der Waals surface area contributed by atoms with Crippen LogP contribution < -0.4 is 4.57 Å². The van der Waals surface area contributed by atoms with Gasteiger partial charge in [0, 0.05) is 12.1 Å². The number of hydrogen-bond donors (Lipinski definition) is 0. The van der Waals surface area contributed by atoms with Crippen LogP contribution in [0.3, 0.4) is 0 Å². The number of pyridine rings is 1. The van der Waals surface area contributed by atoms with Crippen molar-refractivity contribution >= 4 is 23.1 Å². The van der Waals surface area contributed by atoms with Crippen molar-refractivity contribution in [1.29, 1.82) is 0 Å². The van der Waals surface area contributed by atoms with Gasteiger partial charge in [0.1, 0.15) is 7.05 Å². The van der Waals surface area contributed by atoms with E-state index in [1.54, 1.807) is 0 Å². The van der Waals surface area contributed by atoms with Crippen LogP contribution in [-0.2, 0) is 7.05 Å². The maximum atomic E-state index is 2.25. The standard InChI is InChI=1S/C21H22N/c1-15-13-16(2)19(17(3)14-15)10-9-18-11-12-22(4)21-8-6-5-7-20(18)21/h5-14H,1-4H3/q+1. The van der Waals surface area contributed by atoms with Gasteiger partial charge in [0.25, 0.3) is 0 Å². The number of rotatable bonds is 2. The maximum absolute atomic E-state index is 2.25. The molecular weight excluding hydrogens is 266 g/mol. The van der Waals surface area contributed by atoms with Crippen LogP contribution in [0.15, 0.2) is 48.7 Å². The van der Waals surface area contributed by atoms with Gasteiger partial charge in [-0.3, -0.25) is 0 Å². The zero-order chi connectivity index (χ0) is 15.7. The second-order valence-electron chi connectivity index (χ2n) is 6.04. The summed E-state index contributed by atoms with van der Waals surface area (Å²) in [5.41, 5.74) is 7.82. The van der Waals surface area contributed by atoms with Crippen molar-refractivity contribution in [2.75, 3.05) is 0 Å². The Morgan fingerprint density at radius 3 is 2.27 bits per heavy atom. The molecule has 2 aromatic carbocycles. The number of aromatic nitrogens is 1. The topological polar surface area (TPSA) is 3.88 Å². The predicted molar refractivity (Wildman–Crippen MR) is 94.7 cm³/mol. The van der Waals surface area contributed by atoms with Gasteiger partial charge >= 0.3 is 0 Å². The first kappa shape index (κ1) is 14.5. The van der Waals surface area contributed by atoms with E-state index < -0.39 is 0 Å². The number of nitrogens with zero attached hydrogens (tertiary/aromatic N) is 1. The molecule has 0 aliphatic rings. The van der Waals surface area contributed by atoms with E-state index in [0.717, 1.165) is 0 Å². The lowest BCUT2D eigenvalue weighted by atomic mass is 9.98. The van der Waals surface area contributed by atoms with Gasteiger partial charge < -0.3 is 0 Å². The van der Waals surface area contributed by atoms with Gasteiger partial charge in [-0.05, 0) is 49.1 Å². The lowest BCUT2D eigenvalue weighted by Gasteiger charge is -2.07. The molecule has 0 atom stereocenters. The van der Waals surface area contributed by atoms with Gasteiger partial charge in [0.15, 0.2) is 6.20 Å². The average Bonchev–Trinajstić information content (AvgIpc) is 2.48. The molecule has 3 aromatic rings. The van der Waals surface area contributed by atoms with Crippen LogP contribution in [-0.4, -0.2) is 0 Å². The number of benzene rings is 2. The van der Waals surface area contributed by atoms with E-state index in [0.29, 0.717) is 0 Å². The van der Waals surface area contributed by atoms with Crippen molar-refractivity contribution in [2.45, 2.75) is 20.8 Å². The number of aryl methyl sites for hydroxylation is 4. The molecule has 22 heavy (non-hydrogen) atoms. The van der Waals surface area contributed by atoms with Crippen LogP contribution in [0, 0.1) is 20.8 Å². The van der Waals surface area contributed by atoms with Crippen LogP contribution in [0.4, 0.5) is 0 Å². The zero-order valence-electron chi connectivity index (χ0n) is 13.7. The molecule has 1 heteroatoms. The summed E-state index contributed by atoms with van der Waals surface area (Å²) in [6, 6.07) is 15.2. The first-order valence-corrected chi connectivity index (χ1v) is 7.69. The Labute approximate surface area is 132 Å². The van der Waals surface area contributed by atoms with Gasteiger partial charge in [-0.2, -0.15) is 0 Å². The van der Waals surface area contributed by atoms with Crippen molar-refractivity contribution < 1.29 is 4.57 Å². The summed E-state index contributed by atoms with van der Waals surface area (Å²) >= 11 is 0. The van der Waals surface area contributed by atoms with E-state index in [4.69, 9.17) is 0 Å². The van der Waals surface area contributed by atoms with Crippen LogP contribution in [0.1, 0.15) is 27.8 Å². The molecule has 0 bridgehead atoms. The zero-order valence-corrected chi connectivity index (χ0v) is 13.7. The molecular formula is C21H22N+. The van der Waals surface area contributed by atoms with E-state index in [2.05, 4.69) is 93.2 Å². The molecule has 3 rings (SSSR count). The highest BCUT2D eigenvalue weighted by Gasteiger charge is 2.07. The Hall–Kier alpha value is -2.41. The molecule has 0 unspecified atom stereocenters. The first-order chi connectivity index (χ1) is 10.6. The van der Waals surface area contributed by atoms with Crippen LogP contribution in [0.5, 0.6) is 0 Å². The van der Waals surface area contributed by atoms with Crippen molar-refractivity contribution in [2.24, 2.45) is 7.05 Å². The van der Waals surface area contributed by atoms with Gasteiger partial charge in [-0.1, -0.05) is 42.0 Å². The molecule has 1 nitrogen and oxygen atoms in total. The lowest BCUT2D eigenvalue weighted by molar-refractivity contribution is -0.644. The summed E-state index contributed by atoms with van der Waals surface area (Å²) in [4.78, 5) is 0. The Bertz CT molecular complexity index is 849. The largest absolute Gasteiger partial charge is 0.212 e. The summed E-state index contributed by atoms with van der Waals surface area (Å²) in [6.07, 6.45) is 6.59. The lowest BCUT2D eigenvalue weighted by Crippen LogP contribution is -2.28. The second kappa shape index (κ2) is 5.76. The minimum Gasteiger partial charge on any atom is -0.201 e. The molecule has 1 heterocycles. The van der Waals surface area contributed by atoms with Crippen molar-refractivity contribution in [1.82, 2.24) is 0 Å². The highest BCUT2D eigenvalue weighted by atomic mass is 14.9. The summed E-state index contributed by atoms with van der Waals surface area (Å²) in [7, 11) is 2.09. The Kier molecular flexibility index (Phi) is 3.81. The summed E-state index contributed by atoms with van der Waals surface area (Å²) in [6.45, 7) is 6.52. The fourth-order valence-electron chi connectivity index (χ4n) is 3.16. The fourth-order valence-corrected chi connectivity index (χ4v) is 3.16. The highest BCUT2D eigenvalue weighted by Crippen LogP contribution is 2.21. The Morgan fingerprint density at radius 1 is 0.864 bits per heavy atom. The number of hydrogen-bond acceptors (Lipinski definition) is 0. The Balaban J connectivity index is 2.09. The maximum Gasteiger partial charge on any atom is 0.212 e. The minimum absolute atomic E-state index is 1.25. The first-order valence-electron chi connectivity index (χ1n) is 7.69. The molecule has 0 fully saturated rings. The molecule has 0 radical (unpaired) electrons. The third-order valence-electron chi connectivity index (χ3n) is 4.24. The molecule has 0 amide bonds. The quantitative estimate of drug-likeness (QED) is 0.599. The summed E-state index contributed by atoms with van der Waals surface area (Å²) in [5, 5.41) is 1.28. The van der Waals surface area contributed by atoms with Crippen molar-refractivity contribution in [3.05, 3.63) is 76.5 Å². The van der Waals surface area contributed by atoms with Crippen molar-refractivity contribution in [3.63, 3.8) is 0 Å². The molecule has 0 saturated carbocycles. The molecule has 0 spiro atoms. The summed E-state index contributed by atoms with van der Waals surface area (Å²) in [5.74, 6) is 0. The number of para-hydroxylation sites is 1. The van der Waals surface area contributed by atoms with Gasteiger partial charge in [-0.25, -0.2) is 4.57 Å². The van der Waals surface area contributed by atoms with Crippen molar-refractivity contribution in [3.8, 4) is 0 Å². The fraction of sp³-hybridized carbons (Fsp3) is 0.190. The predicted octanol–water partition coefficient (Wildman–Crippen LogP) is 4.76. The van der Waals surface area contributed by atoms with E-state index in [-0.39, 0.29) is 0 Å². The molecule has 110 valence electrons. The molecule has 0 aliphatic heterocycles. The van der Waals surface area contributed by atoms with Gasteiger partial charge in [0.05, 0.1) is 5.39 Å². The molecule has 1 aromatic heterocycles. The average molecular weight is 288 g/mol. The molecule has 0 N–H and O–H groups in total.